The molecule has 4 N–H and O–H groups in total. The summed E-state index contributed by atoms with van der Waals surface area (Å²) in [6.45, 7) is 4.13. The highest BCUT2D eigenvalue weighted by molar-refractivity contribution is 6.02. The van der Waals surface area contributed by atoms with E-state index in [1.807, 2.05) is 12.1 Å². The van der Waals surface area contributed by atoms with Crippen molar-refractivity contribution < 1.29 is 9.59 Å². The maximum atomic E-state index is 11.9. The number of aromatic nitrogens is 2. The molecule has 0 bridgehead atoms. The minimum atomic E-state index is -0.758. The Morgan fingerprint density at radius 1 is 1.38 bits per heavy atom. The summed E-state index contributed by atoms with van der Waals surface area (Å²) in [7, 11) is 0. The lowest BCUT2D eigenvalue weighted by atomic mass is 9.99. The van der Waals surface area contributed by atoms with E-state index in [0.29, 0.717) is 18.1 Å². The zero-order valence-electron chi connectivity index (χ0n) is 11.9. The minimum Gasteiger partial charge on any atom is -0.399 e. The number of piperazine rings is 1. The highest BCUT2D eigenvalue weighted by Gasteiger charge is 2.41. The van der Waals surface area contributed by atoms with E-state index in [4.69, 9.17) is 5.73 Å². The van der Waals surface area contributed by atoms with Crippen molar-refractivity contribution in [2.75, 3.05) is 12.3 Å². The molecule has 0 atom stereocenters. The van der Waals surface area contributed by atoms with Crippen molar-refractivity contribution >= 4 is 28.5 Å². The second-order valence-corrected chi connectivity index (χ2v) is 5.75. The summed E-state index contributed by atoms with van der Waals surface area (Å²) in [6, 6.07) is 5.43. The molecular weight excluding hydrogens is 270 g/mol. The summed E-state index contributed by atoms with van der Waals surface area (Å²) >= 11 is 0. The molecule has 0 unspecified atom stereocenters. The number of nitrogen functional groups attached to an aromatic ring is 1. The van der Waals surface area contributed by atoms with Crippen LogP contribution in [0.2, 0.25) is 0 Å². The van der Waals surface area contributed by atoms with Crippen LogP contribution in [-0.4, -0.2) is 38.8 Å². The number of carbonyl (C=O) groups excluding carboxylic acids is 2. The molecule has 0 saturated carbocycles. The molecule has 1 saturated heterocycles. The van der Waals surface area contributed by atoms with Crippen LogP contribution in [0.3, 0.4) is 0 Å². The maximum absolute atomic E-state index is 11.9. The van der Waals surface area contributed by atoms with Crippen LogP contribution < -0.4 is 11.1 Å². The molecule has 21 heavy (non-hydrogen) atoms. The normalized spacial score (nSPS) is 19.0. The lowest BCUT2D eigenvalue weighted by molar-refractivity contribution is -0.145. The van der Waals surface area contributed by atoms with E-state index in [0.717, 1.165) is 11.0 Å². The highest BCUT2D eigenvalue weighted by atomic mass is 16.2. The number of imide groups is 1. The first-order valence-corrected chi connectivity index (χ1v) is 6.70. The van der Waals surface area contributed by atoms with Crippen LogP contribution in [0.1, 0.15) is 19.7 Å². The number of amides is 2. The van der Waals surface area contributed by atoms with E-state index in [2.05, 4.69) is 15.3 Å². The number of fused-ring (bicyclic) bond motifs is 1. The summed E-state index contributed by atoms with van der Waals surface area (Å²) in [6.07, 6.45) is 0. The van der Waals surface area contributed by atoms with Gasteiger partial charge in [-0.25, -0.2) is 4.98 Å². The molecule has 0 spiro atoms. The average molecular weight is 287 g/mol. The van der Waals surface area contributed by atoms with Crippen LogP contribution in [0.5, 0.6) is 0 Å². The summed E-state index contributed by atoms with van der Waals surface area (Å²) in [5, 5.41) is 2.35. The zero-order valence-corrected chi connectivity index (χ0v) is 11.9. The SMILES string of the molecule is CC1(C)C(=O)NC(=O)CN1Cc1nc2ccc(N)cc2[nH]1. The number of hydrogen-bond donors (Lipinski definition) is 3. The third kappa shape index (κ3) is 2.36. The number of nitrogens with one attached hydrogen (secondary N) is 2. The molecule has 0 radical (unpaired) electrons. The van der Waals surface area contributed by atoms with Gasteiger partial charge in [0.05, 0.1) is 29.7 Å². The fourth-order valence-electron chi connectivity index (χ4n) is 2.42. The summed E-state index contributed by atoms with van der Waals surface area (Å²) < 4.78 is 0. The smallest absolute Gasteiger partial charge is 0.246 e. The van der Waals surface area contributed by atoms with Crippen molar-refractivity contribution in [2.24, 2.45) is 0 Å². The van der Waals surface area contributed by atoms with Crippen molar-refractivity contribution in [1.29, 1.82) is 0 Å². The fraction of sp³-hybridized carbons (Fsp3) is 0.357. The molecule has 1 fully saturated rings. The summed E-state index contributed by atoms with van der Waals surface area (Å²) in [5.74, 6) is 0.116. The van der Waals surface area contributed by atoms with Crippen molar-refractivity contribution in [1.82, 2.24) is 20.2 Å². The van der Waals surface area contributed by atoms with Crippen LogP contribution in [-0.2, 0) is 16.1 Å². The Morgan fingerprint density at radius 3 is 2.90 bits per heavy atom. The Hall–Kier alpha value is -2.41. The number of imidazole rings is 1. The number of rotatable bonds is 2. The molecule has 1 aliphatic heterocycles. The molecule has 2 heterocycles. The van der Waals surface area contributed by atoms with Crippen LogP contribution in [0.4, 0.5) is 5.69 Å². The van der Waals surface area contributed by atoms with Crippen LogP contribution in [0, 0.1) is 0 Å². The number of H-pyrrole nitrogens is 1. The van der Waals surface area contributed by atoms with Gasteiger partial charge in [-0.05, 0) is 32.0 Å². The molecule has 1 aliphatic rings. The van der Waals surface area contributed by atoms with Gasteiger partial charge in [0.1, 0.15) is 5.82 Å². The largest absolute Gasteiger partial charge is 0.399 e. The lowest BCUT2D eigenvalue weighted by Gasteiger charge is -2.39. The number of carbonyl (C=O) groups is 2. The standard InChI is InChI=1S/C14H17N5O2/c1-14(2)13(21)18-12(20)7-19(14)6-11-16-9-4-3-8(15)5-10(9)17-11/h3-5H,6-7,15H2,1-2H3,(H,16,17)(H,18,20,21). The lowest BCUT2D eigenvalue weighted by Crippen LogP contribution is -2.63. The molecule has 2 amide bonds. The van der Waals surface area contributed by atoms with Gasteiger partial charge in [0.2, 0.25) is 11.8 Å². The molecule has 7 heteroatoms. The van der Waals surface area contributed by atoms with Crippen LogP contribution >= 0.6 is 0 Å². The van der Waals surface area contributed by atoms with Gasteiger partial charge in [0.25, 0.3) is 0 Å². The Balaban J connectivity index is 1.89. The van der Waals surface area contributed by atoms with Gasteiger partial charge in [-0.2, -0.15) is 0 Å². The van der Waals surface area contributed by atoms with E-state index in [9.17, 15) is 9.59 Å². The zero-order chi connectivity index (χ0) is 15.2. The first-order chi connectivity index (χ1) is 9.86. The van der Waals surface area contributed by atoms with Crippen LogP contribution in [0.25, 0.3) is 11.0 Å². The fourth-order valence-corrected chi connectivity index (χ4v) is 2.42. The molecule has 1 aromatic heterocycles. The molecule has 110 valence electrons. The number of nitrogens with zero attached hydrogens (tertiary/aromatic N) is 2. The first-order valence-electron chi connectivity index (χ1n) is 6.70. The van der Waals surface area contributed by atoms with E-state index in [-0.39, 0.29) is 18.4 Å². The van der Waals surface area contributed by atoms with Crippen LogP contribution in [0.15, 0.2) is 18.2 Å². The highest BCUT2D eigenvalue weighted by Crippen LogP contribution is 2.22. The molecule has 0 aliphatic carbocycles. The molecule has 3 rings (SSSR count). The van der Waals surface area contributed by atoms with E-state index >= 15 is 0 Å². The van der Waals surface area contributed by atoms with Crippen molar-refractivity contribution in [2.45, 2.75) is 25.9 Å². The second-order valence-electron chi connectivity index (χ2n) is 5.75. The van der Waals surface area contributed by atoms with Crippen molar-refractivity contribution in [3.8, 4) is 0 Å². The number of aromatic amines is 1. The monoisotopic (exact) mass is 287 g/mol. The van der Waals surface area contributed by atoms with Gasteiger partial charge in [-0.3, -0.25) is 19.8 Å². The number of nitrogens with two attached hydrogens (primary N) is 1. The molecular formula is C14H17N5O2. The Bertz CT molecular complexity index is 734. The Morgan fingerprint density at radius 2 is 2.14 bits per heavy atom. The average Bonchev–Trinajstić information content (AvgIpc) is 2.77. The molecule has 2 aromatic rings. The first kappa shape index (κ1) is 13.6. The predicted octanol–water partition coefficient (Wildman–Crippen LogP) is 0.382. The molecule has 7 nitrogen and oxygen atoms in total. The summed E-state index contributed by atoms with van der Waals surface area (Å²) in [5.41, 5.74) is 7.29. The van der Waals surface area contributed by atoms with Gasteiger partial charge >= 0.3 is 0 Å². The van der Waals surface area contributed by atoms with E-state index < -0.39 is 5.54 Å². The molecule has 1 aromatic carbocycles. The third-order valence-corrected chi connectivity index (χ3v) is 3.83. The van der Waals surface area contributed by atoms with Gasteiger partial charge in [0, 0.05) is 5.69 Å². The maximum Gasteiger partial charge on any atom is 0.246 e. The number of hydrogen-bond acceptors (Lipinski definition) is 5. The van der Waals surface area contributed by atoms with Gasteiger partial charge in [-0.15, -0.1) is 0 Å². The minimum absolute atomic E-state index is 0.165. The van der Waals surface area contributed by atoms with E-state index in [1.54, 1.807) is 24.8 Å². The van der Waals surface area contributed by atoms with Gasteiger partial charge in [0.15, 0.2) is 0 Å². The van der Waals surface area contributed by atoms with E-state index in [1.165, 1.54) is 0 Å². The van der Waals surface area contributed by atoms with Crippen molar-refractivity contribution in [3.63, 3.8) is 0 Å². The topological polar surface area (TPSA) is 104 Å². The number of anilines is 1. The third-order valence-electron chi connectivity index (χ3n) is 3.83. The van der Waals surface area contributed by atoms with Crippen molar-refractivity contribution in [3.05, 3.63) is 24.0 Å². The number of benzene rings is 1. The van der Waals surface area contributed by atoms with Gasteiger partial charge in [-0.1, -0.05) is 0 Å². The Kier molecular flexibility index (Phi) is 2.94. The summed E-state index contributed by atoms with van der Waals surface area (Å²) in [4.78, 5) is 32.9. The predicted molar refractivity (Wildman–Crippen MR) is 78.1 cm³/mol. The second kappa shape index (κ2) is 4.56. The Labute approximate surface area is 121 Å². The van der Waals surface area contributed by atoms with Gasteiger partial charge < -0.3 is 10.7 Å². The quantitative estimate of drug-likeness (QED) is 0.547.